The summed E-state index contributed by atoms with van der Waals surface area (Å²) in [6.07, 6.45) is 0.385. The van der Waals surface area contributed by atoms with Gasteiger partial charge in [0.25, 0.3) is 0 Å². The van der Waals surface area contributed by atoms with E-state index in [1.165, 1.54) is 0 Å². The third-order valence-electron chi connectivity index (χ3n) is 3.91. The third kappa shape index (κ3) is 5.38. The number of nitrogens with two attached hydrogens (primary N) is 1. The minimum atomic E-state index is -0.698. The van der Waals surface area contributed by atoms with E-state index >= 15 is 0 Å². The third-order valence-corrected chi connectivity index (χ3v) is 4.34. The van der Waals surface area contributed by atoms with E-state index in [4.69, 9.17) is 31.5 Å². The minimum Gasteiger partial charge on any atom is -0.496 e. The fraction of sp³-hybridized carbons (Fsp3) is 0.350. The summed E-state index contributed by atoms with van der Waals surface area (Å²) in [5, 5.41) is 0.699. The van der Waals surface area contributed by atoms with Crippen LogP contribution in [0.15, 0.2) is 36.4 Å². The van der Waals surface area contributed by atoms with Crippen LogP contribution in [0.1, 0.15) is 23.6 Å². The monoisotopic (exact) mass is 377 g/mol. The topological polar surface area (TPSA) is 70.8 Å². The molecule has 2 aromatic rings. The molecule has 0 aliphatic carbocycles. The van der Waals surface area contributed by atoms with Crippen molar-refractivity contribution in [1.82, 2.24) is 0 Å². The maximum Gasteiger partial charge on any atom is 0.323 e. The first-order valence-corrected chi connectivity index (χ1v) is 8.79. The summed E-state index contributed by atoms with van der Waals surface area (Å²) < 4.78 is 16.2. The Morgan fingerprint density at radius 1 is 1.23 bits per heavy atom. The molecule has 1 atom stereocenters. The van der Waals surface area contributed by atoms with E-state index in [0.717, 1.165) is 22.4 Å². The summed E-state index contributed by atoms with van der Waals surface area (Å²) in [5.74, 6) is 1.03. The molecule has 0 aliphatic heterocycles. The predicted octanol–water partition coefficient (Wildman–Crippen LogP) is 3.67. The maximum atomic E-state index is 11.7. The number of benzene rings is 2. The highest BCUT2D eigenvalue weighted by molar-refractivity contribution is 6.31. The molecule has 0 saturated carbocycles. The average molecular weight is 378 g/mol. The number of esters is 1. The van der Waals surface area contributed by atoms with Crippen molar-refractivity contribution in [3.8, 4) is 11.5 Å². The van der Waals surface area contributed by atoms with Crippen molar-refractivity contribution in [3.63, 3.8) is 0 Å². The Morgan fingerprint density at radius 3 is 2.65 bits per heavy atom. The van der Waals surface area contributed by atoms with Gasteiger partial charge in [0.15, 0.2) is 0 Å². The minimum absolute atomic E-state index is 0.314. The van der Waals surface area contributed by atoms with Gasteiger partial charge in [0.1, 0.15) is 24.1 Å². The van der Waals surface area contributed by atoms with Crippen molar-refractivity contribution in [2.24, 2.45) is 5.73 Å². The Labute approximate surface area is 159 Å². The van der Waals surface area contributed by atoms with Crippen LogP contribution < -0.4 is 15.2 Å². The lowest BCUT2D eigenvalue weighted by Crippen LogP contribution is -2.34. The molecule has 0 fully saturated rings. The van der Waals surface area contributed by atoms with Crippen LogP contribution in [0.25, 0.3) is 0 Å². The lowest BCUT2D eigenvalue weighted by atomic mass is 10.0. The number of methoxy groups -OCH3 is 1. The number of carbonyl (C=O) groups excluding carboxylic acids is 1. The Morgan fingerprint density at radius 2 is 2.00 bits per heavy atom. The molecule has 2 rings (SSSR count). The van der Waals surface area contributed by atoms with Gasteiger partial charge in [-0.2, -0.15) is 0 Å². The largest absolute Gasteiger partial charge is 0.496 e. The first kappa shape index (κ1) is 20.1. The van der Waals surface area contributed by atoms with Gasteiger partial charge in [-0.1, -0.05) is 17.7 Å². The first-order chi connectivity index (χ1) is 12.4. The van der Waals surface area contributed by atoms with E-state index in [0.29, 0.717) is 30.4 Å². The smallest absolute Gasteiger partial charge is 0.323 e. The Balaban J connectivity index is 2.11. The van der Waals surface area contributed by atoms with Gasteiger partial charge >= 0.3 is 5.97 Å². The maximum absolute atomic E-state index is 11.7. The van der Waals surface area contributed by atoms with Crippen LogP contribution in [-0.4, -0.2) is 25.7 Å². The highest BCUT2D eigenvalue weighted by atomic mass is 35.5. The van der Waals surface area contributed by atoms with Crippen LogP contribution >= 0.6 is 11.6 Å². The van der Waals surface area contributed by atoms with Crippen molar-refractivity contribution in [1.29, 1.82) is 0 Å². The van der Waals surface area contributed by atoms with Gasteiger partial charge in [-0.25, -0.2) is 0 Å². The van der Waals surface area contributed by atoms with Crippen LogP contribution in [-0.2, 0) is 22.6 Å². The van der Waals surface area contributed by atoms with E-state index in [9.17, 15) is 4.79 Å². The molecule has 0 amide bonds. The van der Waals surface area contributed by atoms with Gasteiger partial charge in [-0.05, 0) is 61.7 Å². The second kappa shape index (κ2) is 9.46. The van der Waals surface area contributed by atoms with E-state index in [1.54, 1.807) is 20.1 Å². The summed E-state index contributed by atoms with van der Waals surface area (Å²) in [6, 6.07) is 10.5. The van der Waals surface area contributed by atoms with Crippen LogP contribution in [0, 0.1) is 6.92 Å². The van der Waals surface area contributed by atoms with E-state index < -0.39 is 12.0 Å². The molecule has 1 unspecified atom stereocenters. The molecule has 2 aromatic carbocycles. The number of rotatable bonds is 8. The molecule has 0 spiro atoms. The zero-order valence-corrected chi connectivity index (χ0v) is 16.0. The Hall–Kier alpha value is -2.24. The molecule has 0 radical (unpaired) electrons. The normalized spacial score (nSPS) is 11.7. The highest BCUT2D eigenvalue weighted by Gasteiger charge is 2.16. The van der Waals surface area contributed by atoms with Crippen molar-refractivity contribution >= 4 is 17.6 Å². The molecular weight excluding hydrogens is 354 g/mol. The number of hydrogen-bond donors (Lipinski definition) is 1. The number of hydrogen-bond acceptors (Lipinski definition) is 5. The van der Waals surface area contributed by atoms with Gasteiger partial charge in [0, 0.05) is 10.6 Å². The van der Waals surface area contributed by atoms with E-state index in [2.05, 4.69) is 0 Å². The van der Waals surface area contributed by atoms with Gasteiger partial charge in [-0.3, -0.25) is 4.79 Å². The fourth-order valence-corrected chi connectivity index (χ4v) is 2.64. The van der Waals surface area contributed by atoms with Gasteiger partial charge < -0.3 is 19.9 Å². The van der Waals surface area contributed by atoms with E-state index in [1.807, 2.05) is 37.3 Å². The summed E-state index contributed by atoms with van der Waals surface area (Å²) in [4.78, 5) is 11.7. The molecule has 0 saturated heterocycles. The molecule has 140 valence electrons. The Bertz CT molecular complexity index is 763. The number of aryl methyl sites for hydroxylation is 1. The first-order valence-electron chi connectivity index (χ1n) is 8.41. The highest BCUT2D eigenvalue weighted by Crippen LogP contribution is 2.25. The quantitative estimate of drug-likeness (QED) is 0.711. The zero-order chi connectivity index (χ0) is 19.1. The molecule has 0 aliphatic rings. The molecule has 26 heavy (non-hydrogen) atoms. The van der Waals surface area contributed by atoms with Gasteiger partial charge in [0.2, 0.25) is 0 Å². The van der Waals surface area contributed by atoms with Crippen LogP contribution in [0.4, 0.5) is 0 Å². The second-order valence-electron chi connectivity index (χ2n) is 5.91. The number of ether oxygens (including phenoxy) is 3. The molecular formula is C20H24ClNO4. The van der Waals surface area contributed by atoms with Crippen molar-refractivity contribution in [2.45, 2.75) is 32.9 Å². The summed E-state index contributed by atoms with van der Waals surface area (Å²) in [5.41, 5.74) is 8.63. The number of halogens is 1. The SMILES string of the molecule is CCOC(=O)C(N)Cc1ccc(OC)c(COc2ccc(Cl)c(C)c2)c1. The van der Waals surface area contributed by atoms with Crippen LogP contribution in [0.5, 0.6) is 11.5 Å². The summed E-state index contributed by atoms with van der Waals surface area (Å²) in [7, 11) is 1.61. The van der Waals surface area contributed by atoms with Crippen molar-refractivity contribution < 1.29 is 19.0 Å². The van der Waals surface area contributed by atoms with Crippen LogP contribution in [0.2, 0.25) is 5.02 Å². The van der Waals surface area contributed by atoms with E-state index in [-0.39, 0.29) is 0 Å². The zero-order valence-electron chi connectivity index (χ0n) is 15.3. The molecule has 5 nitrogen and oxygen atoms in total. The van der Waals surface area contributed by atoms with Gasteiger partial charge in [0.05, 0.1) is 13.7 Å². The van der Waals surface area contributed by atoms with Crippen molar-refractivity contribution in [2.75, 3.05) is 13.7 Å². The number of carbonyl (C=O) groups is 1. The van der Waals surface area contributed by atoms with Crippen LogP contribution in [0.3, 0.4) is 0 Å². The fourth-order valence-electron chi connectivity index (χ4n) is 2.53. The molecule has 0 heterocycles. The lowest BCUT2D eigenvalue weighted by Gasteiger charge is -2.14. The molecule has 6 heteroatoms. The molecule has 0 aromatic heterocycles. The average Bonchev–Trinajstić information content (AvgIpc) is 2.63. The summed E-state index contributed by atoms with van der Waals surface area (Å²) in [6.45, 7) is 4.32. The Kier molecular flexibility index (Phi) is 7.30. The molecule has 0 bridgehead atoms. The van der Waals surface area contributed by atoms with Gasteiger partial charge in [-0.15, -0.1) is 0 Å². The predicted molar refractivity (Wildman–Crippen MR) is 102 cm³/mol. The lowest BCUT2D eigenvalue weighted by molar-refractivity contribution is -0.144. The molecule has 2 N–H and O–H groups in total. The standard InChI is InChI=1S/C20H24ClNO4/c1-4-25-20(23)18(22)11-14-5-8-19(24-3)15(10-14)12-26-16-6-7-17(21)13(2)9-16/h5-10,18H,4,11-12,22H2,1-3H3. The second-order valence-corrected chi connectivity index (χ2v) is 6.32. The van der Waals surface area contributed by atoms with Crippen molar-refractivity contribution in [3.05, 3.63) is 58.1 Å². The summed E-state index contributed by atoms with van der Waals surface area (Å²) >= 11 is 6.04.